The summed E-state index contributed by atoms with van der Waals surface area (Å²) in [6, 6.07) is 7.39. The van der Waals surface area contributed by atoms with Crippen LogP contribution in [0.1, 0.15) is 30.5 Å². The zero-order valence-electron chi connectivity index (χ0n) is 11.4. The molecule has 1 aromatic carbocycles. The molecule has 0 saturated carbocycles. The van der Waals surface area contributed by atoms with Gasteiger partial charge in [-0.3, -0.25) is 4.98 Å². The van der Waals surface area contributed by atoms with Crippen LogP contribution in [0.15, 0.2) is 42.7 Å². The van der Waals surface area contributed by atoms with E-state index in [9.17, 15) is 8.78 Å². The predicted octanol–water partition coefficient (Wildman–Crippen LogP) is 3.64. The first-order valence-corrected chi connectivity index (χ1v) is 6.77. The van der Waals surface area contributed by atoms with E-state index in [2.05, 4.69) is 17.2 Å². The Morgan fingerprint density at radius 1 is 1.10 bits per heavy atom. The molecule has 2 aromatic rings. The maximum atomic E-state index is 13.4. The summed E-state index contributed by atoms with van der Waals surface area (Å²) in [6.07, 6.45) is 5.08. The first kappa shape index (κ1) is 14.6. The smallest absolute Gasteiger partial charge is 0.126 e. The molecular formula is C16H18F2N2. The van der Waals surface area contributed by atoms with Crippen molar-refractivity contribution in [2.45, 2.75) is 25.8 Å². The zero-order valence-corrected chi connectivity index (χ0v) is 11.4. The molecule has 106 valence electrons. The van der Waals surface area contributed by atoms with E-state index in [4.69, 9.17) is 0 Å². The van der Waals surface area contributed by atoms with Crippen molar-refractivity contribution in [1.29, 1.82) is 0 Å². The van der Waals surface area contributed by atoms with Crippen LogP contribution in [0.3, 0.4) is 0 Å². The Morgan fingerprint density at radius 2 is 1.75 bits per heavy atom. The molecule has 0 radical (unpaired) electrons. The molecule has 0 spiro atoms. The topological polar surface area (TPSA) is 24.9 Å². The summed E-state index contributed by atoms with van der Waals surface area (Å²) >= 11 is 0. The molecule has 20 heavy (non-hydrogen) atoms. The number of hydrogen-bond acceptors (Lipinski definition) is 2. The fraction of sp³-hybridized carbons (Fsp3) is 0.312. The highest BCUT2D eigenvalue weighted by molar-refractivity contribution is 5.24. The maximum Gasteiger partial charge on any atom is 0.126 e. The first-order chi connectivity index (χ1) is 9.69. The summed E-state index contributed by atoms with van der Waals surface area (Å²) in [6.45, 7) is 2.86. The largest absolute Gasteiger partial charge is 0.310 e. The number of nitrogens with zero attached hydrogens (tertiary/aromatic N) is 1. The molecule has 0 bridgehead atoms. The molecular weight excluding hydrogens is 258 g/mol. The van der Waals surface area contributed by atoms with Gasteiger partial charge in [-0.25, -0.2) is 8.78 Å². The molecule has 0 amide bonds. The minimum atomic E-state index is -0.543. The normalized spacial score (nSPS) is 12.3. The molecule has 0 aliphatic carbocycles. The molecule has 1 unspecified atom stereocenters. The molecule has 1 N–H and O–H groups in total. The van der Waals surface area contributed by atoms with Crippen LogP contribution in [0.5, 0.6) is 0 Å². The minimum absolute atomic E-state index is 0.109. The van der Waals surface area contributed by atoms with Crippen LogP contribution in [0.2, 0.25) is 0 Å². The van der Waals surface area contributed by atoms with Crippen molar-refractivity contribution in [2.75, 3.05) is 6.54 Å². The van der Waals surface area contributed by atoms with Crippen molar-refractivity contribution in [3.8, 4) is 0 Å². The van der Waals surface area contributed by atoms with Gasteiger partial charge in [-0.05, 0) is 54.8 Å². The standard InChI is InChI=1S/C16H18F2N2/c1-2-5-20-16(8-12-3-6-19-7-4-12)13-9-14(17)11-15(18)10-13/h3-4,6-7,9-11,16,20H,2,5,8H2,1H3. The SMILES string of the molecule is CCCNC(Cc1ccncc1)c1cc(F)cc(F)c1. The van der Waals surface area contributed by atoms with Crippen molar-refractivity contribution in [3.63, 3.8) is 0 Å². The van der Waals surface area contributed by atoms with Gasteiger partial charge >= 0.3 is 0 Å². The van der Waals surface area contributed by atoms with Crippen molar-refractivity contribution in [1.82, 2.24) is 10.3 Å². The molecule has 0 aliphatic heterocycles. The first-order valence-electron chi connectivity index (χ1n) is 6.77. The lowest BCUT2D eigenvalue weighted by molar-refractivity contribution is 0.515. The predicted molar refractivity (Wildman–Crippen MR) is 75.3 cm³/mol. The van der Waals surface area contributed by atoms with Crippen molar-refractivity contribution in [3.05, 3.63) is 65.5 Å². The highest BCUT2D eigenvalue weighted by Crippen LogP contribution is 2.20. The fourth-order valence-corrected chi connectivity index (χ4v) is 2.16. The average Bonchev–Trinajstić information content (AvgIpc) is 2.43. The second-order valence-electron chi connectivity index (χ2n) is 4.77. The number of pyridine rings is 1. The Hall–Kier alpha value is -1.81. The summed E-state index contributed by atoms with van der Waals surface area (Å²) in [5.74, 6) is -1.09. The number of halogens is 2. The Morgan fingerprint density at radius 3 is 2.35 bits per heavy atom. The Labute approximate surface area is 117 Å². The van der Waals surface area contributed by atoms with Crippen LogP contribution < -0.4 is 5.32 Å². The third kappa shape index (κ3) is 4.10. The second kappa shape index (κ2) is 7.10. The highest BCUT2D eigenvalue weighted by Gasteiger charge is 2.13. The zero-order chi connectivity index (χ0) is 14.4. The third-order valence-corrected chi connectivity index (χ3v) is 3.12. The molecule has 1 aromatic heterocycles. The number of hydrogen-bond donors (Lipinski definition) is 1. The van der Waals surface area contributed by atoms with E-state index in [-0.39, 0.29) is 6.04 Å². The molecule has 4 heteroatoms. The molecule has 1 heterocycles. The van der Waals surface area contributed by atoms with Crippen molar-refractivity contribution >= 4 is 0 Å². The lowest BCUT2D eigenvalue weighted by Crippen LogP contribution is -2.24. The van der Waals surface area contributed by atoms with E-state index in [0.717, 1.165) is 24.6 Å². The van der Waals surface area contributed by atoms with Gasteiger partial charge in [0.15, 0.2) is 0 Å². The summed E-state index contributed by atoms with van der Waals surface area (Å²) < 4.78 is 26.7. The van der Waals surface area contributed by atoms with Gasteiger partial charge in [-0.2, -0.15) is 0 Å². The lowest BCUT2D eigenvalue weighted by Gasteiger charge is -2.19. The maximum absolute atomic E-state index is 13.4. The molecule has 0 saturated heterocycles. The van der Waals surface area contributed by atoms with Crippen LogP contribution in [0, 0.1) is 11.6 Å². The van der Waals surface area contributed by atoms with E-state index >= 15 is 0 Å². The molecule has 1 atom stereocenters. The van der Waals surface area contributed by atoms with Gasteiger partial charge in [-0.1, -0.05) is 6.92 Å². The van der Waals surface area contributed by atoms with Gasteiger partial charge in [0.1, 0.15) is 11.6 Å². The highest BCUT2D eigenvalue weighted by atomic mass is 19.1. The van der Waals surface area contributed by atoms with Gasteiger partial charge in [-0.15, -0.1) is 0 Å². The third-order valence-electron chi connectivity index (χ3n) is 3.12. The van der Waals surface area contributed by atoms with Crippen molar-refractivity contribution in [2.24, 2.45) is 0 Å². The van der Waals surface area contributed by atoms with E-state index in [0.29, 0.717) is 12.0 Å². The van der Waals surface area contributed by atoms with E-state index in [1.807, 2.05) is 12.1 Å². The van der Waals surface area contributed by atoms with Crippen LogP contribution >= 0.6 is 0 Å². The summed E-state index contributed by atoms with van der Waals surface area (Å²) in [5.41, 5.74) is 1.71. The van der Waals surface area contributed by atoms with Crippen LogP contribution in [0.4, 0.5) is 8.78 Å². The van der Waals surface area contributed by atoms with Crippen molar-refractivity contribution < 1.29 is 8.78 Å². The summed E-state index contributed by atoms with van der Waals surface area (Å²) in [7, 11) is 0. The minimum Gasteiger partial charge on any atom is -0.310 e. The van der Waals surface area contributed by atoms with E-state index in [1.54, 1.807) is 12.4 Å². The van der Waals surface area contributed by atoms with E-state index < -0.39 is 11.6 Å². The summed E-state index contributed by atoms with van der Waals surface area (Å²) in [5, 5.41) is 3.33. The monoisotopic (exact) mass is 276 g/mol. The van der Waals surface area contributed by atoms with Crippen LogP contribution in [-0.2, 0) is 6.42 Å². The number of nitrogens with one attached hydrogen (secondary N) is 1. The van der Waals surface area contributed by atoms with Gasteiger partial charge in [0.25, 0.3) is 0 Å². The summed E-state index contributed by atoms with van der Waals surface area (Å²) in [4.78, 5) is 3.98. The number of rotatable bonds is 6. The number of benzene rings is 1. The molecule has 0 fully saturated rings. The Balaban J connectivity index is 2.22. The van der Waals surface area contributed by atoms with Gasteiger partial charge in [0.2, 0.25) is 0 Å². The quantitative estimate of drug-likeness (QED) is 0.871. The average molecular weight is 276 g/mol. The van der Waals surface area contributed by atoms with Crippen LogP contribution in [0.25, 0.3) is 0 Å². The molecule has 2 nitrogen and oxygen atoms in total. The van der Waals surface area contributed by atoms with Gasteiger partial charge in [0.05, 0.1) is 0 Å². The molecule has 0 aliphatic rings. The van der Waals surface area contributed by atoms with Gasteiger partial charge in [0, 0.05) is 24.5 Å². The van der Waals surface area contributed by atoms with Crippen LogP contribution in [-0.4, -0.2) is 11.5 Å². The van der Waals surface area contributed by atoms with Gasteiger partial charge < -0.3 is 5.32 Å². The lowest BCUT2D eigenvalue weighted by atomic mass is 9.99. The Kier molecular flexibility index (Phi) is 5.18. The second-order valence-corrected chi connectivity index (χ2v) is 4.77. The molecule has 2 rings (SSSR count). The number of aromatic nitrogens is 1. The Bertz CT molecular complexity index is 523. The fourth-order valence-electron chi connectivity index (χ4n) is 2.16. The van der Waals surface area contributed by atoms with E-state index in [1.165, 1.54) is 12.1 Å².